The highest BCUT2D eigenvalue weighted by atomic mass is 16.3. The minimum atomic E-state index is -0.410. The van der Waals surface area contributed by atoms with Crippen molar-refractivity contribution in [1.82, 2.24) is 0 Å². The molecule has 0 aliphatic heterocycles. The van der Waals surface area contributed by atoms with Gasteiger partial charge in [0.25, 0.3) is 0 Å². The van der Waals surface area contributed by atoms with Gasteiger partial charge in [0.1, 0.15) is 0 Å². The fraction of sp³-hybridized carbons (Fsp3) is 1.00. The summed E-state index contributed by atoms with van der Waals surface area (Å²) in [6.07, 6.45) is 13.7. The Morgan fingerprint density at radius 2 is 1.74 bits per heavy atom. The van der Waals surface area contributed by atoms with E-state index in [0.717, 1.165) is 30.1 Å². The van der Waals surface area contributed by atoms with Crippen molar-refractivity contribution in [2.45, 2.75) is 97.5 Å². The van der Waals surface area contributed by atoms with Gasteiger partial charge in [-0.05, 0) is 91.8 Å². The van der Waals surface area contributed by atoms with E-state index in [0.29, 0.717) is 11.3 Å². The molecule has 4 fully saturated rings. The zero-order valence-corrected chi connectivity index (χ0v) is 15.9. The van der Waals surface area contributed by atoms with Gasteiger partial charge >= 0.3 is 0 Å². The van der Waals surface area contributed by atoms with E-state index in [2.05, 4.69) is 27.7 Å². The Morgan fingerprint density at radius 1 is 0.957 bits per heavy atom. The number of fused-ring (bicyclic) bond motifs is 5. The van der Waals surface area contributed by atoms with E-state index in [1.807, 2.05) is 0 Å². The molecule has 1 nitrogen and oxygen atoms in total. The maximum absolute atomic E-state index is 11.5. The predicted octanol–water partition coefficient (Wildman–Crippen LogP) is 5.81. The van der Waals surface area contributed by atoms with Gasteiger partial charge in [-0.1, -0.05) is 40.5 Å². The van der Waals surface area contributed by atoms with Crippen LogP contribution in [0.1, 0.15) is 91.9 Å². The van der Waals surface area contributed by atoms with Crippen molar-refractivity contribution in [2.24, 2.45) is 40.4 Å². The van der Waals surface area contributed by atoms with Gasteiger partial charge in [0.2, 0.25) is 0 Å². The first-order valence-electron chi connectivity index (χ1n) is 10.6. The van der Waals surface area contributed by atoms with E-state index in [9.17, 15) is 5.11 Å². The first kappa shape index (κ1) is 16.4. The van der Waals surface area contributed by atoms with Crippen LogP contribution in [0.4, 0.5) is 0 Å². The molecular formula is C22H38O. The van der Waals surface area contributed by atoms with Gasteiger partial charge in [-0.3, -0.25) is 0 Å². The maximum Gasteiger partial charge on any atom is 0.0726 e. The van der Waals surface area contributed by atoms with Gasteiger partial charge in [-0.2, -0.15) is 0 Å². The van der Waals surface area contributed by atoms with Crippen molar-refractivity contribution >= 4 is 0 Å². The molecule has 1 N–H and O–H groups in total. The molecule has 132 valence electrons. The van der Waals surface area contributed by atoms with Crippen LogP contribution in [0, 0.1) is 40.4 Å². The van der Waals surface area contributed by atoms with Gasteiger partial charge in [0.05, 0.1) is 5.60 Å². The third-order valence-corrected chi connectivity index (χ3v) is 9.92. The molecule has 0 amide bonds. The molecule has 4 rings (SSSR count). The maximum atomic E-state index is 11.5. The monoisotopic (exact) mass is 318 g/mol. The molecule has 0 radical (unpaired) electrons. The summed E-state index contributed by atoms with van der Waals surface area (Å²) in [5.74, 6) is 4.12. The summed E-state index contributed by atoms with van der Waals surface area (Å²) in [6.45, 7) is 9.66. The van der Waals surface area contributed by atoms with Gasteiger partial charge in [0, 0.05) is 0 Å². The van der Waals surface area contributed by atoms with Crippen LogP contribution in [0.25, 0.3) is 0 Å². The number of aliphatic hydroxyl groups is 1. The van der Waals surface area contributed by atoms with E-state index in [-0.39, 0.29) is 5.41 Å². The fourth-order valence-corrected chi connectivity index (χ4v) is 8.48. The number of hydrogen-bond donors (Lipinski definition) is 1. The Balaban J connectivity index is 1.67. The third-order valence-electron chi connectivity index (χ3n) is 9.92. The van der Waals surface area contributed by atoms with Crippen molar-refractivity contribution in [3.63, 3.8) is 0 Å². The molecule has 0 bridgehead atoms. The van der Waals surface area contributed by atoms with Crippen LogP contribution in [-0.2, 0) is 0 Å². The SMILES string of the molecule is CC[C@@]1(O)[C@H](C)C[C@H]2[C@@H]3CCC4CCCC[C@]4(C)[C@H]3CC[C@@]21C. The first-order chi connectivity index (χ1) is 10.9. The van der Waals surface area contributed by atoms with Gasteiger partial charge in [-0.25, -0.2) is 0 Å². The normalized spacial score (nSPS) is 59.1. The summed E-state index contributed by atoms with van der Waals surface area (Å²) < 4.78 is 0. The predicted molar refractivity (Wildman–Crippen MR) is 96.1 cm³/mol. The Hall–Kier alpha value is -0.0400. The summed E-state index contributed by atoms with van der Waals surface area (Å²) in [5, 5.41) is 11.5. The molecule has 0 heterocycles. The summed E-state index contributed by atoms with van der Waals surface area (Å²) in [5.41, 5.74) is 0.395. The van der Waals surface area contributed by atoms with E-state index in [1.165, 1.54) is 57.8 Å². The lowest BCUT2D eigenvalue weighted by molar-refractivity contribution is -0.158. The van der Waals surface area contributed by atoms with Crippen LogP contribution in [0.15, 0.2) is 0 Å². The third kappa shape index (κ3) is 1.95. The second-order valence-corrected chi connectivity index (χ2v) is 10.3. The van der Waals surface area contributed by atoms with Crippen LogP contribution in [-0.4, -0.2) is 10.7 Å². The molecule has 1 heteroatoms. The molecule has 0 saturated heterocycles. The molecule has 4 saturated carbocycles. The lowest BCUT2D eigenvalue weighted by Gasteiger charge is -2.61. The van der Waals surface area contributed by atoms with Crippen LogP contribution < -0.4 is 0 Å². The summed E-state index contributed by atoms with van der Waals surface area (Å²) in [7, 11) is 0. The molecule has 4 aliphatic rings. The molecule has 0 aromatic carbocycles. The quantitative estimate of drug-likeness (QED) is 0.647. The van der Waals surface area contributed by atoms with Crippen LogP contribution in [0.5, 0.6) is 0 Å². The highest BCUT2D eigenvalue weighted by molar-refractivity contribution is 5.15. The van der Waals surface area contributed by atoms with E-state index in [1.54, 1.807) is 0 Å². The Kier molecular flexibility index (Phi) is 3.73. The van der Waals surface area contributed by atoms with E-state index < -0.39 is 5.60 Å². The molecule has 0 aromatic heterocycles. The Labute approximate surface area is 143 Å². The number of hydrogen-bond acceptors (Lipinski definition) is 1. The van der Waals surface area contributed by atoms with Crippen molar-refractivity contribution < 1.29 is 5.11 Å². The van der Waals surface area contributed by atoms with Crippen LogP contribution in [0.3, 0.4) is 0 Å². The highest BCUT2D eigenvalue weighted by Crippen LogP contribution is 2.69. The van der Waals surface area contributed by atoms with Crippen molar-refractivity contribution in [3.05, 3.63) is 0 Å². The molecule has 0 aromatic rings. The van der Waals surface area contributed by atoms with Gasteiger partial charge in [0.15, 0.2) is 0 Å². The lowest BCUT2D eigenvalue weighted by atomic mass is 9.44. The fourth-order valence-electron chi connectivity index (χ4n) is 8.48. The minimum Gasteiger partial charge on any atom is -0.389 e. The van der Waals surface area contributed by atoms with E-state index in [4.69, 9.17) is 0 Å². The summed E-state index contributed by atoms with van der Waals surface area (Å²) >= 11 is 0. The Bertz CT molecular complexity index is 473. The van der Waals surface area contributed by atoms with Gasteiger partial charge < -0.3 is 5.11 Å². The Morgan fingerprint density at radius 3 is 2.48 bits per heavy atom. The second kappa shape index (κ2) is 5.23. The first-order valence-corrected chi connectivity index (χ1v) is 10.6. The average Bonchev–Trinajstić information content (AvgIpc) is 2.75. The van der Waals surface area contributed by atoms with Crippen LogP contribution in [0.2, 0.25) is 0 Å². The smallest absolute Gasteiger partial charge is 0.0726 e. The van der Waals surface area contributed by atoms with Crippen molar-refractivity contribution in [1.29, 1.82) is 0 Å². The molecule has 8 atom stereocenters. The summed E-state index contributed by atoms with van der Waals surface area (Å²) in [6, 6.07) is 0. The summed E-state index contributed by atoms with van der Waals surface area (Å²) in [4.78, 5) is 0. The molecule has 4 aliphatic carbocycles. The lowest BCUT2D eigenvalue weighted by Crippen LogP contribution is -2.56. The average molecular weight is 319 g/mol. The zero-order valence-electron chi connectivity index (χ0n) is 15.9. The largest absolute Gasteiger partial charge is 0.389 e. The van der Waals surface area contributed by atoms with E-state index >= 15 is 0 Å². The van der Waals surface area contributed by atoms with Crippen molar-refractivity contribution in [3.8, 4) is 0 Å². The molecule has 23 heavy (non-hydrogen) atoms. The zero-order chi connectivity index (χ0) is 16.5. The van der Waals surface area contributed by atoms with Crippen LogP contribution >= 0.6 is 0 Å². The number of rotatable bonds is 1. The standard InChI is InChI=1S/C22H38O/c1-5-22(23)15(2)14-19-17-10-9-16-8-6-7-12-20(16,3)18(17)11-13-21(19,22)4/h15-19,23H,5-14H2,1-4H3/t15-,16?,17-,18+,19+,20+,21+,22-/m1/s1. The topological polar surface area (TPSA) is 20.2 Å². The highest BCUT2D eigenvalue weighted by Gasteiger charge is 2.65. The molecular weight excluding hydrogens is 280 g/mol. The minimum absolute atomic E-state index is 0.181. The molecule has 1 unspecified atom stereocenters. The van der Waals surface area contributed by atoms with Crippen molar-refractivity contribution in [2.75, 3.05) is 0 Å². The van der Waals surface area contributed by atoms with Gasteiger partial charge in [-0.15, -0.1) is 0 Å². The second-order valence-electron chi connectivity index (χ2n) is 10.3. The molecule has 0 spiro atoms.